The zero-order valence-electron chi connectivity index (χ0n) is 8.64. The van der Waals surface area contributed by atoms with Crippen LogP contribution in [0.3, 0.4) is 0 Å². The Balaban J connectivity index is 2.51. The second-order valence-corrected chi connectivity index (χ2v) is 3.86. The Bertz CT molecular complexity index is 399. The van der Waals surface area contributed by atoms with Gasteiger partial charge in [-0.05, 0) is 38.0 Å². The second-order valence-electron chi connectivity index (χ2n) is 3.86. The molecule has 1 aromatic carbocycles. The highest BCUT2D eigenvalue weighted by Crippen LogP contribution is 2.31. The van der Waals surface area contributed by atoms with Gasteiger partial charge in [0, 0.05) is 0 Å². The molecule has 1 unspecified atom stereocenters. The van der Waals surface area contributed by atoms with Crippen LogP contribution >= 0.6 is 0 Å². The molecule has 0 spiro atoms. The van der Waals surface area contributed by atoms with E-state index in [1.54, 1.807) is 0 Å². The van der Waals surface area contributed by atoms with Gasteiger partial charge in [0.05, 0.1) is 11.4 Å². The molecule has 0 saturated heterocycles. The summed E-state index contributed by atoms with van der Waals surface area (Å²) >= 11 is 0. The summed E-state index contributed by atoms with van der Waals surface area (Å²) in [6.45, 7) is 5.91. The van der Waals surface area contributed by atoms with Crippen molar-refractivity contribution in [2.45, 2.75) is 26.8 Å². The molecule has 2 N–H and O–H groups in total. The summed E-state index contributed by atoms with van der Waals surface area (Å²) in [6, 6.07) is 3.97. The van der Waals surface area contributed by atoms with Crippen molar-refractivity contribution in [3.63, 3.8) is 0 Å². The monoisotopic (exact) mass is 190 g/mol. The molecular weight excluding hydrogens is 176 g/mol. The number of hydrogen-bond acceptors (Lipinski definition) is 2. The quantitative estimate of drug-likeness (QED) is 0.657. The first-order chi connectivity index (χ1) is 6.58. The van der Waals surface area contributed by atoms with Gasteiger partial charge in [0.1, 0.15) is 6.04 Å². The molecule has 0 aliphatic carbocycles. The number of aryl methyl sites for hydroxylation is 2. The molecule has 2 rings (SSSR count). The van der Waals surface area contributed by atoms with E-state index in [1.807, 2.05) is 13.8 Å². The van der Waals surface area contributed by atoms with E-state index in [1.165, 1.54) is 5.56 Å². The van der Waals surface area contributed by atoms with Crippen molar-refractivity contribution in [1.82, 2.24) is 0 Å². The molecule has 3 heteroatoms. The van der Waals surface area contributed by atoms with Crippen LogP contribution in [-0.2, 0) is 4.79 Å². The van der Waals surface area contributed by atoms with Gasteiger partial charge in [-0.3, -0.25) is 4.79 Å². The number of rotatable bonds is 0. The molecule has 1 amide bonds. The van der Waals surface area contributed by atoms with Crippen molar-refractivity contribution in [2.24, 2.45) is 0 Å². The highest BCUT2D eigenvalue weighted by Gasteiger charge is 2.22. The Morgan fingerprint density at radius 2 is 2.00 bits per heavy atom. The van der Waals surface area contributed by atoms with Gasteiger partial charge in [0.15, 0.2) is 0 Å². The second kappa shape index (κ2) is 3.01. The molecule has 0 fully saturated rings. The molecular formula is C11H14N2O. The Kier molecular flexibility index (Phi) is 1.95. The topological polar surface area (TPSA) is 41.1 Å². The van der Waals surface area contributed by atoms with Crippen LogP contribution in [0.5, 0.6) is 0 Å². The summed E-state index contributed by atoms with van der Waals surface area (Å²) in [6.07, 6.45) is 0. The average molecular weight is 190 g/mol. The minimum atomic E-state index is -0.149. The molecule has 0 aromatic heterocycles. The highest BCUT2D eigenvalue weighted by atomic mass is 16.2. The van der Waals surface area contributed by atoms with Crippen LogP contribution in [0.2, 0.25) is 0 Å². The van der Waals surface area contributed by atoms with E-state index in [0.717, 1.165) is 16.9 Å². The summed E-state index contributed by atoms with van der Waals surface area (Å²) in [5.41, 5.74) is 4.25. The first kappa shape index (κ1) is 9.06. The molecule has 1 aliphatic heterocycles. The number of carbonyl (C=O) groups excluding carboxylic acids is 1. The fraction of sp³-hybridized carbons (Fsp3) is 0.364. The molecule has 1 aliphatic rings. The predicted molar refractivity (Wildman–Crippen MR) is 57.6 cm³/mol. The summed E-state index contributed by atoms with van der Waals surface area (Å²) in [7, 11) is 0. The molecule has 3 nitrogen and oxygen atoms in total. The number of nitrogens with one attached hydrogen (secondary N) is 2. The molecule has 1 heterocycles. The predicted octanol–water partition coefficient (Wildman–Crippen LogP) is 2.06. The number of fused-ring (bicyclic) bond motifs is 1. The van der Waals surface area contributed by atoms with E-state index in [0.29, 0.717) is 0 Å². The minimum Gasteiger partial charge on any atom is -0.372 e. The van der Waals surface area contributed by atoms with Gasteiger partial charge < -0.3 is 10.6 Å². The SMILES string of the molecule is Cc1cc(C)c2c(c1)NC(C)C(=O)N2. The lowest BCUT2D eigenvalue weighted by Gasteiger charge is -2.26. The number of benzene rings is 1. The fourth-order valence-electron chi connectivity index (χ4n) is 1.78. The van der Waals surface area contributed by atoms with E-state index in [2.05, 4.69) is 29.7 Å². The van der Waals surface area contributed by atoms with Crippen molar-refractivity contribution in [1.29, 1.82) is 0 Å². The first-order valence-corrected chi connectivity index (χ1v) is 4.76. The summed E-state index contributed by atoms with van der Waals surface area (Å²) in [5, 5.41) is 6.08. The Morgan fingerprint density at radius 3 is 2.71 bits per heavy atom. The van der Waals surface area contributed by atoms with Crippen molar-refractivity contribution < 1.29 is 4.79 Å². The lowest BCUT2D eigenvalue weighted by Crippen LogP contribution is -2.36. The van der Waals surface area contributed by atoms with Gasteiger partial charge in [0.2, 0.25) is 5.91 Å². The van der Waals surface area contributed by atoms with Gasteiger partial charge in [-0.25, -0.2) is 0 Å². The van der Waals surface area contributed by atoms with Crippen LogP contribution < -0.4 is 10.6 Å². The lowest BCUT2D eigenvalue weighted by molar-refractivity contribution is -0.116. The van der Waals surface area contributed by atoms with Crippen LogP contribution in [0, 0.1) is 13.8 Å². The summed E-state index contributed by atoms with van der Waals surface area (Å²) in [4.78, 5) is 11.4. The third-order valence-electron chi connectivity index (χ3n) is 2.49. The third-order valence-corrected chi connectivity index (χ3v) is 2.49. The van der Waals surface area contributed by atoms with Crippen LogP contribution in [0.15, 0.2) is 12.1 Å². The number of hydrogen-bond donors (Lipinski definition) is 2. The molecule has 0 bridgehead atoms. The van der Waals surface area contributed by atoms with Crippen LogP contribution in [0.25, 0.3) is 0 Å². The zero-order chi connectivity index (χ0) is 10.3. The molecule has 14 heavy (non-hydrogen) atoms. The van der Waals surface area contributed by atoms with Gasteiger partial charge in [0.25, 0.3) is 0 Å². The van der Waals surface area contributed by atoms with Crippen LogP contribution in [0.4, 0.5) is 11.4 Å². The number of amides is 1. The van der Waals surface area contributed by atoms with Crippen molar-refractivity contribution in [2.75, 3.05) is 10.6 Å². The molecule has 1 atom stereocenters. The number of carbonyl (C=O) groups is 1. The lowest BCUT2D eigenvalue weighted by atomic mass is 10.1. The fourth-order valence-corrected chi connectivity index (χ4v) is 1.78. The maximum Gasteiger partial charge on any atom is 0.246 e. The first-order valence-electron chi connectivity index (χ1n) is 4.76. The zero-order valence-corrected chi connectivity index (χ0v) is 8.64. The standard InChI is InChI=1S/C11H14N2O/c1-6-4-7(2)10-9(5-6)12-8(3)11(14)13-10/h4-5,8,12H,1-3H3,(H,13,14). The maximum absolute atomic E-state index is 11.4. The molecule has 74 valence electrons. The highest BCUT2D eigenvalue weighted by molar-refractivity contribution is 6.03. The Hall–Kier alpha value is -1.51. The largest absolute Gasteiger partial charge is 0.372 e. The van der Waals surface area contributed by atoms with Crippen molar-refractivity contribution in [3.05, 3.63) is 23.3 Å². The maximum atomic E-state index is 11.4. The van der Waals surface area contributed by atoms with Crippen molar-refractivity contribution >= 4 is 17.3 Å². The number of anilines is 2. The van der Waals surface area contributed by atoms with E-state index in [-0.39, 0.29) is 11.9 Å². The molecule has 1 aromatic rings. The Morgan fingerprint density at radius 1 is 1.29 bits per heavy atom. The average Bonchev–Trinajstić information content (AvgIpc) is 2.08. The third kappa shape index (κ3) is 1.35. The van der Waals surface area contributed by atoms with Gasteiger partial charge in [-0.1, -0.05) is 6.07 Å². The minimum absolute atomic E-state index is 0.0319. The van der Waals surface area contributed by atoms with E-state index >= 15 is 0 Å². The van der Waals surface area contributed by atoms with E-state index in [4.69, 9.17) is 0 Å². The van der Waals surface area contributed by atoms with Crippen LogP contribution in [-0.4, -0.2) is 11.9 Å². The van der Waals surface area contributed by atoms with Gasteiger partial charge in [-0.15, -0.1) is 0 Å². The van der Waals surface area contributed by atoms with Crippen molar-refractivity contribution in [3.8, 4) is 0 Å². The van der Waals surface area contributed by atoms with E-state index in [9.17, 15) is 4.79 Å². The summed E-state index contributed by atoms with van der Waals surface area (Å²) in [5.74, 6) is 0.0319. The van der Waals surface area contributed by atoms with Crippen LogP contribution in [0.1, 0.15) is 18.1 Å². The normalized spacial score (nSPS) is 19.6. The Labute approximate surface area is 83.5 Å². The molecule has 0 radical (unpaired) electrons. The van der Waals surface area contributed by atoms with Gasteiger partial charge in [-0.2, -0.15) is 0 Å². The molecule has 0 saturated carbocycles. The smallest absolute Gasteiger partial charge is 0.246 e. The van der Waals surface area contributed by atoms with E-state index < -0.39 is 0 Å². The summed E-state index contributed by atoms with van der Waals surface area (Å²) < 4.78 is 0. The van der Waals surface area contributed by atoms with Gasteiger partial charge >= 0.3 is 0 Å².